The zero-order chi connectivity index (χ0) is 25.5. The first-order valence-corrected chi connectivity index (χ1v) is 12.8. The van der Waals surface area contributed by atoms with Crippen LogP contribution in [0, 0.1) is 0 Å². The molecule has 3 aliphatic heterocycles. The highest BCUT2D eigenvalue weighted by atomic mass is 16.5. The van der Waals surface area contributed by atoms with Gasteiger partial charge in [0.05, 0.1) is 40.0 Å². The van der Waals surface area contributed by atoms with Crippen LogP contribution < -0.4 is 9.47 Å². The molecule has 6 rings (SSSR count). The van der Waals surface area contributed by atoms with Crippen LogP contribution in [0.2, 0.25) is 0 Å². The summed E-state index contributed by atoms with van der Waals surface area (Å²) in [7, 11) is 3.20. The molecule has 2 fully saturated rings. The highest BCUT2D eigenvalue weighted by Crippen LogP contribution is 2.44. The van der Waals surface area contributed by atoms with Crippen LogP contribution in [0.5, 0.6) is 11.5 Å². The third-order valence-electron chi connectivity index (χ3n) is 7.86. The number of nitrogens with one attached hydrogen (secondary N) is 1. The molecule has 9 heteroatoms. The molecule has 0 aliphatic carbocycles. The topological polar surface area (TPSA) is 87.3 Å². The highest BCUT2D eigenvalue weighted by molar-refractivity contribution is 5.97. The maximum atomic E-state index is 13.9. The average molecular weight is 505 g/mol. The Kier molecular flexibility index (Phi) is 6.26. The van der Waals surface area contributed by atoms with Crippen LogP contribution in [0.4, 0.5) is 0 Å². The minimum atomic E-state index is -0.559. The predicted octanol–water partition coefficient (Wildman–Crippen LogP) is 2.20. The molecule has 2 atom stereocenters. The number of methoxy groups -OCH3 is 2. The SMILES string of the molecule is COc1ccc(C2c3[nH]c4ccccc4c3C[C@@H]3C(=O)N(CCN4CCOCC4)CC(=O)N23)cc1OC. The second kappa shape index (κ2) is 9.72. The number of fused-ring (bicyclic) bond motifs is 4. The molecular formula is C28H32N4O5. The molecule has 2 amide bonds. The van der Waals surface area contributed by atoms with E-state index in [1.807, 2.05) is 36.4 Å². The van der Waals surface area contributed by atoms with Gasteiger partial charge in [0.1, 0.15) is 6.04 Å². The van der Waals surface area contributed by atoms with Gasteiger partial charge in [-0.2, -0.15) is 0 Å². The average Bonchev–Trinajstić information content (AvgIpc) is 3.31. The molecule has 0 bridgehead atoms. The van der Waals surface area contributed by atoms with Gasteiger partial charge in [-0.1, -0.05) is 24.3 Å². The summed E-state index contributed by atoms with van der Waals surface area (Å²) in [6, 6.07) is 12.8. The first kappa shape index (κ1) is 23.8. The first-order valence-electron chi connectivity index (χ1n) is 12.8. The van der Waals surface area contributed by atoms with Crippen LogP contribution >= 0.6 is 0 Å². The number of para-hydroxylation sites is 1. The largest absolute Gasteiger partial charge is 0.493 e. The molecule has 0 saturated carbocycles. The number of hydrogen-bond acceptors (Lipinski definition) is 6. The van der Waals surface area contributed by atoms with Crippen LogP contribution in [-0.2, 0) is 20.7 Å². The van der Waals surface area contributed by atoms with Gasteiger partial charge in [-0.25, -0.2) is 0 Å². The lowest BCUT2D eigenvalue weighted by Gasteiger charge is -2.47. The summed E-state index contributed by atoms with van der Waals surface area (Å²) in [5, 5.41) is 1.09. The van der Waals surface area contributed by atoms with Crippen LogP contribution in [0.1, 0.15) is 22.9 Å². The Hall–Kier alpha value is -3.56. The minimum absolute atomic E-state index is 0.00858. The number of carbonyl (C=O) groups excluding carboxylic acids is 2. The normalized spacial score (nSPS) is 22.2. The van der Waals surface area contributed by atoms with Gasteiger partial charge >= 0.3 is 0 Å². The van der Waals surface area contributed by atoms with E-state index in [9.17, 15) is 9.59 Å². The Morgan fingerprint density at radius 2 is 1.78 bits per heavy atom. The molecule has 4 heterocycles. The van der Waals surface area contributed by atoms with E-state index >= 15 is 0 Å². The van der Waals surface area contributed by atoms with Crippen molar-refractivity contribution in [3.8, 4) is 11.5 Å². The second-order valence-electron chi connectivity index (χ2n) is 9.81. The van der Waals surface area contributed by atoms with Gasteiger partial charge in [-0.15, -0.1) is 0 Å². The number of aromatic amines is 1. The van der Waals surface area contributed by atoms with Crippen molar-refractivity contribution in [2.24, 2.45) is 0 Å². The summed E-state index contributed by atoms with van der Waals surface area (Å²) in [6.07, 6.45) is 0.488. The van der Waals surface area contributed by atoms with E-state index < -0.39 is 12.1 Å². The van der Waals surface area contributed by atoms with E-state index in [2.05, 4.69) is 16.0 Å². The van der Waals surface area contributed by atoms with Crippen LogP contribution in [0.25, 0.3) is 10.9 Å². The molecule has 2 aromatic carbocycles. The molecule has 1 unspecified atom stereocenters. The zero-order valence-electron chi connectivity index (χ0n) is 21.2. The van der Waals surface area contributed by atoms with E-state index in [1.165, 1.54) is 0 Å². The fraction of sp³-hybridized carbons (Fsp3) is 0.429. The maximum Gasteiger partial charge on any atom is 0.246 e. The Morgan fingerprint density at radius 3 is 2.57 bits per heavy atom. The van der Waals surface area contributed by atoms with Gasteiger partial charge in [0.15, 0.2) is 11.5 Å². The van der Waals surface area contributed by atoms with E-state index in [1.54, 1.807) is 24.0 Å². The summed E-state index contributed by atoms with van der Waals surface area (Å²) in [5.41, 5.74) is 3.92. The van der Waals surface area contributed by atoms with E-state index in [-0.39, 0.29) is 18.4 Å². The number of ether oxygens (including phenoxy) is 3. The van der Waals surface area contributed by atoms with Crippen molar-refractivity contribution in [2.45, 2.75) is 18.5 Å². The van der Waals surface area contributed by atoms with Crippen molar-refractivity contribution in [1.29, 1.82) is 0 Å². The molecule has 0 spiro atoms. The van der Waals surface area contributed by atoms with Crippen molar-refractivity contribution < 1.29 is 23.8 Å². The standard InChI is InChI=1S/C28H32N4O5/c1-35-23-8-7-18(15-24(23)36-2)27-26-20(19-5-3-4-6-21(19)29-26)16-22-28(34)31(17-25(33)32(22)27)10-9-30-11-13-37-14-12-30/h3-8,15,22,27,29H,9-14,16-17H2,1-2H3/t22-,27?/m1/s1. The van der Waals surface area contributed by atoms with Gasteiger partial charge in [-0.05, 0) is 29.3 Å². The molecule has 1 aromatic heterocycles. The molecule has 0 radical (unpaired) electrons. The van der Waals surface area contributed by atoms with E-state index in [4.69, 9.17) is 14.2 Å². The maximum absolute atomic E-state index is 13.9. The quantitative estimate of drug-likeness (QED) is 0.554. The van der Waals surface area contributed by atoms with E-state index in [0.717, 1.165) is 47.4 Å². The molecule has 9 nitrogen and oxygen atoms in total. The Morgan fingerprint density at radius 1 is 1.00 bits per heavy atom. The fourth-order valence-electron chi connectivity index (χ4n) is 5.97. The van der Waals surface area contributed by atoms with E-state index in [0.29, 0.717) is 37.7 Å². The molecule has 194 valence electrons. The smallest absolute Gasteiger partial charge is 0.246 e. The molecule has 1 N–H and O–H groups in total. The second-order valence-corrected chi connectivity index (χ2v) is 9.81. The summed E-state index contributed by atoms with van der Waals surface area (Å²) in [6.45, 7) is 4.48. The van der Waals surface area contributed by atoms with Gasteiger partial charge in [0, 0.05) is 49.2 Å². The summed E-state index contributed by atoms with van der Waals surface area (Å²) in [5.74, 6) is 1.17. The Labute approximate surface area is 215 Å². The monoisotopic (exact) mass is 504 g/mol. The third kappa shape index (κ3) is 4.12. The van der Waals surface area contributed by atoms with Crippen molar-refractivity contribution in [2.75, 3.05) is 60.2 Å². The number of aromatic nitrogens is 1. The Balaban J connectivity index is 1.39. The summed E-state index contributed by atoms with van der Waals surface area (Å²) in [4.78, 5) is 37.0. The van der Waals surface area contributed by atoms with Crippen LogP contribution in [0.15, 0.2) is 42.5 Å². The van der Waals surface area contributed by atoms with Crippen molar-refractivity contribution in [3.05, 3.63) is 59.3 Å². The number of piperazine rings is 1. The molecule has 2 saturated heterocycles. The lowest BCUT2D eigenvalue weighted by molar-refractivity contribution is -0.158. The lowest BCUT2D eigenvalue weighted by atomic mass is 9.86. The third-order valence-corrected chi connectivity index (χ3v) is 7.86. The molecule has 3 aliphatic rings. The fourth-order valence-corrected chi connectivity index (χ4v) is 5.97. The number of rotatable bonds is 6. The molecule has 37 heavy (non-hydrogen) atoms. The number of H-pyrrole nitrogens is 1. The van der Waals surface area contributed by atoms with Gasteiger partial charge in [0.25, 0.3) is 0 Å². The number of hydrogen-bond donors (Lipinski definition) is 1. The lowest BCUT2D eigenvalue weighted by Crippen LogP contribution is -2.63. The number of carbonyl (C=O) groups is 2. The predicted molar refractivity (Wildman–Crippen MR) is 138 cm³/mol. The first-order chi connectivity index (χ1) is 18.1. The molecular weight excluding hydrogens is 472 g/mol. The van der Waals surface area contributed by atoms with Crippen LogP contribution in [-0.4, -0.2) is 97.7 Å². The summed E-state index contributed by atoms with van der Waals surface area (Å²) < 4.78 is 16.5. The summed E-state index contributed by atoms with van der Waals surface area (Å²) >= 11 is 0. The molecule has 3 aromatic rings. The van der Waals surface area contributed by atoms with Crippen molar-refractivity contribution in [3.63, 3.8) is 0 Å². The van der Waals surface area contributed by atoms with Gasteiger partial charge < -0.3 is 29.0 Å². The van der Waals surface area contributed by atoms with Crippen molar-refractivity contribution in [1.82, 2.24) is 19.7 Å². The van der Waals surface area contributed by atoms with Gasteiger partial charge in [-0.3, -0.25) is 14.5 Å². The minimum Gasteiger partial charge on any atom is -0.493 e. The number of morpholine rings is 1. The number of benzene rings is 2. The highest BCUT2D eigenvalue weighted by Gasteiger charge is 2.48. The zero-order valence-corrected chi connectivity index (χ0v) is 21.2. The van der Waals surface area contributed by atoms with Crippen LogP contribution in [0.3, 0.4) is 0 Å². The Bertz CT molecular complexity index is 1330. The number of nitrogens with zero attached hydrogens (tertiary/aromatic N) is 3. The van der Waals surface area contributed by atoms with Crippen molar-refractivity contribution >= 4 is 22.7 Å². The van der Waals surface area contributed by atoms with Gasteiger partial charge in [0.2, 0.25) is 11.8 Å². The number of amides is 2.